The predicted molar refractivity (Wildman–Crippen MR) is 88.8 cm³/mol. The second-order valence-electron chi connectivity index (χ2n) is 6.29. The Bertz CT molecular complexity index is 562. The van der Waals surface area contributed by atoms with Gasteiger partial charge in [-0.15, -0.1) is 0 Å². The molecule has 0 aromatic heterocycles. The van der Waals surface area contributed by atoms with Crippen LogP contribution in [0.1, 0.15) is 39.7 Å². The molecule has 0 N–H and O–H groups in total. The Morgan fingerprint density at radius 3 is 2.45 bits per heavy atom. The standard InChI is InChI=1S/C18H26N2O2/c1-5-19(6-2)16(21)18(3,4)17(22)20-13-9-11-14-10-7-8-12-15(14)20/h7-8,10,12H,5-6,9,11,13H2,1-4H3. The number of anilines is 1. The molecule has 4 heteroatoms. The lowest BCUT2D eigenvalue weighted by atomic mass is 9.88. The molecule has 0 spiro atoms. The topological polar surface area (TPSA) is 40.6 Å². The zero-order chi connectivity index (χ0) is 16.3. The molecule has 0 saturated heterocycles. The van der Waals surface area contributed by atoms with Crippen molar-refractivity contribution in [3.8, 4) is 0 Å². The minimum atomic E-state index is -1.03. The fraction of sp³-hybridized carbons (Fsp3) is 0.556. The molecule has 4 nitrogen and oxygen atoms in total. The maximum absolute atomic E-state index is 13.0. The Morgan fingerprint density at radius 1 is 1.18 bits per heavy atom. The first kappa shape index (κ1) is 16.5. The van der Waals surface area contributed by atoms with Crippen LogP contribution < -0.4 is 4.90 Å². The van der Waals surface area contributed by atoms with Gasteiger partial charge in [-0.1, -0.05) is 18.2 Å². The van der Waals surface area contributed by atoms with Crippen molar-refractivity contribution < 1.29 is 9.59 Å². The third-order valence-corrected chi connectivity index (χ3v) is 4.48. The van der Waals surface area contributed by atoms with E-state index >= 15 is 0 Å². The summed E-state index contributed by atoms with van der Waals surface area (Å²) in [4.78, 5) is 29.3. The monoisotopic (exact) mass is 302 g/mol. The van der Waals surface area contributed by atoms with Crippen molar-refractivity contribution in [1.82, 2.24) is 4.90 Å². The average Bonchev–Trinajstić information content (AvgIpc) is 2.54. The number of hydrogen-bond acceptors (Lipinski definition) is 2. The van der Waals surface area contributed by atoms with E-state index < -0.39 is 5.41 Å². The average molecular weight is 302 g/mol. The molecule has 1 aromatic carbocycles. The molecule has 120 valence electrons. The largest absolute Gasteiger partial charge is 0.342 e. The summed E-state index contributed by atoms with van der Waals surface area (Å²) in [5, 5.41) is 0. The number of nitrogens with zero attached hydrogens (tertiary/aromatic N) is 2. The first-order valence-electron chi connectivity index (χ1n) is 8.12. The number of amides is 2. The van der Waals surface area contributed by atoms with Gasteiger partial charge in [0.2, 0.25) is 11.8 Å². The molecule has 2 amide bonds. The highest BCUT2D eigenvalue weighted by molar-refractivity contribution is 6.11. The van der Waals surface area contributed by atoms with Crippen LogP contribution in [0.15, 0.2) is 24.3 Å². The molecule has 0 unspecified atom stereocenters. The summed E-state index contributed by atoms with van der Waals surface area (Å²) < 4.78 is 0. The van der Waals surface area contributed by atoms with Gasteiger partial charge in [0.05, 0.1) is 0 Å². The number of carbonyl (C=O) groups is 2. The molecule has 22 heavy (non-hydrogen) atoms. The fourth-order valence-corrected chi connectivity index (χ4v) is 3.08. The lowest BCUT2D eigenvalue weighted by Gasteiger charge is -2.37. The van der Waals surface area contributed by atoms with E-state index in [1.807, 2.05) is 32.0 Å². The molecule has 1 aliphatic rings. The number of para-hydroxylation sites is 1. The van der Waals surface area contributed by atoms with Crippen molar-refractivity contribution in [1.29, 1.82) is 0 Å². The predicted octanol–water partition coefficient (Wildman–Crippen LogP) is 2.86. The molecule has 0 bridgehead atoms. The number of hydrogen-bond donors (Lipinski definition) is 0. The maximum Gasteiger partial charge on any atom is 0.242 e. The maximum atomic E-state index is 13.0. The van der Waals surface area contributed by atoms with E-state index in [-0.39, 0.29) is 11.8 Å². The van der Waals surface area contributed by atoms with Crippen LogP contribution in [0, 0.1) is 5.41 Å². The van der Waals surface area contributed by atoms with Crippen LogP contribution in [0.3, 0.4) is 0 Å². The summed E-state index contributed by atoms with van der Waals surface area (Å²) >= 11 is 0. The van der Waals surface area contributed by atoms with Gasteiger partial charge in [-0.3, -0.25) is 9.59 Å². The molecule has 2 rings (SSSR count). The van der Waals surface area contributed by atoms with E-state index in [0.29, 0.717) is 19.6 Å². The van der Waals surface area contributed by atoms with Crippen molar-refractivity contribution in [3.63, 3.8) is 0 Å². The number of benzene rings is 1. The van der Waals surface area contributed by atoms with Gasteiger partial charge >= 0.3 is 0 Å². The summed E-state index contributed by atoms with van der Waals surface area (Å²) in [6, 6.07) is 7.99. The lowest BCUT2D eigenvalue weighted by Crippen LogP contribution is -2.52. The van der Waals surface area contributed by atoms with Gasteiger partial charge in [-0.25, -0.2) is 0 Å². The number of aryl methyl sites for hydroxylation is 1. The van der Waals surface area contributed by atoms with E-state index in [0.717, 1.165) is 18.5 Å². The van der Waals surface area contributed by atoms with Crippen LogP contribution in [0.4, 0.5) is 5.69 Å². The number of carbonyl (C=O) groups excluding carboxylic acids is 2. The minimum Gasteiger partial charge on any atom is -0.342 e. The second kappa shape index (κ2) is 6.51. The number of fused-ring (bicyclic) bond motifs is 1. The van der Waals surface area contributed by atoms with Crippen LogP contribution in [0.25, 0.3) is 0 Å². The van der Waals surface area contributed by atoms with Gasteiger partial charge in [0.25, 0.3) is 0 Å². The quantitative estimate of drug-likeness (QED) is 0.802. The van der Waals surface area contributed by atoms with Crippen molar-refractivity contribution in [2.24, 2.45) is 5.41 Å². The van der Waals surface area contributed by atoms with E-state index in [4.69, 9.17) is 0 Å². The van der Waals surface area contributed by atoms with Crippen LogP contribution in [-0.4, -0.2) is 36.3 Å². The Hall–Kier alpha value is -1.84. The normalized spacial score (nSPS) is 14.5. The van der Waals surface area contributed by atoms with Gasteiger partial charge in [-0.05, 0) is 52.2 Å². The summed E-state index contributed by atoms with van der Waals surface area (Å²) in [6.45, 7) is 9.31. The SMILES string of the molecule is CCN(CC)C(=O)C(C)(C)C(=O)N1CCCc2ccccc21. The van der Waals surface area contributed by atoms with Crippen molar-refractivity contribution in [3.05, 3.63) is 29.8 Å². The van der Waals surface area contributed by atoms with E-state index in [1.54, 1.807) is 23.6 Å². The molecule has 1 aliphatic heterocycles. The van der Waals surface area contributed by atoms with Gasteiger partial charge in [0, 0.05) is 25.3 Å². The van der Waals surface area contributed by atoms with Crippen molar-refractivity contribution in [2.75, 3.05) is 24.5 Å². The molecule has 0 saturated carbocycles. The van der Waals surface area contributed by atoms with Crippen LogP contribution in [0.2, 0.25) is 0 Å². The highest BCUT2D eigenvalue weighted by Crippen LogP contribution is 2.32. The highest BCUT2D eigenvalue weighted by atomic mass is 16.2. The van der Waals surface area contributed by atoms with E-state index in [9.17, 15) is 9.59 Å². The first-order valence-corrected chi connectivity index (χ1v) is 8.12. The summed E-state index contributed by atoms with van der Waals surface area (Å²) in [7, 11) is 0. The Balaban J connectivity index is 2.30. The molecule has 1 heterocycles. The second-order valence-corrected chi connectivity index (χ2v) is 6.29. The van der Waals surface area contributed by atoms with Gasteiger partial charge in [0.15, 0.2) is 0 Å². The van der Waals surface area contributed by atoms with Crippen molar-refractivity contribution >= 4 is 17.5 Å². The summed E-state index contributed by atoms with van der Waals surface area (Å²) in [5.41, 5.74) is 1.11. The lowest BCUT2D eigenvalue weighted by molar-refractivity contribution is -0.147. The van der Waals surface area contributed by atoms with Crippen LogP contribution in [0.5, 0.6) is 0 Å². The van der Waals surface area contributed by atoms with Crippen LogP contribution >= 0.6 is 0 Å². The molecule has 0 fully saturated rings. The van der Waals surface area contributed by atoms with E-state index in [1.165, 1.54) is 5.56 Å². The molecule has 0 aliphatic carbocycles. The van der Waals surface area contributed by atoms with Gasteiger partial charge in [-0.2, -0.15) is 0 Å². The molecular weight excluding hydrogens is 276 g/mol. The first-order chi connectivity index (χ1) is 10.4. The summed E-state index contributed by atoms with van der Waals surface area (Å²) in [5.74, 6) is -0.192. The third kappa shape index (κ3) is 2.87. The Kier molecular flexibility index (Phi) is 4.89. The zero-order valence-corrected chi connectivity index (χ0v) is 14.1. The summed E-state index contributed by atoms with van der Waals surface area (Å²) in [6.07, 6.45) is 1.93. The van der Waals surface area contributed by atoms with E-state index in [2.05, 4.69) is 6.07 Å². The Morgan fingerprint density at radius 2 is 1.82 bits per heavy atom. The molecular formula is C18H26N2O2. The van der Waals surface area contributed by atoms with Crippen molar-refractivity contribution in [2.45, 2.75) is 40.5 Å². The van der Waals surface area contributed by atoms with Gasteiger partial charge < -0.3 is 9.80 Å². The highest BCUT2D eigenvalue weighted by Gasteiger charge is 2.42. The fourth-order valence-electron chi connectivity index (χ4n) is 3.08. The minimum absolute atomic E-state index is 0.0921. The van der Waals surface area contributed by atoms with Crippen LogP contribution in [-0.2, 0) is 16.0 Å². The molecule has 0 atom stereocenters. The molecule has 0 radical (unpaired) electrons. The smallest absolute Gasteiger partial charge is 0.242 e. The number of rotatable bonds is 4. The van der Waals surface area contributed by atoms with Gasteiger partial charge in [0.1, 0.15) is 5.41 Å². The molecule has 1 aromatic rings. The third-order valence-electron chi connectivity index (χ3n) is 4.48. The zero-order valence-electron chi connectivity index (χ0n) is 14.1. The Labute approximate surface area is 133 Å².